The van der Waals surface area contributed by atoms with Crippen molar-refractivity contribution in [2.75, 3.05) is 19.7 Å². The van der Waals surface area contributed by atoms with Gasteiger partial charge in [-0.05, 0) is 45.6 Å². The topological polar surface area (TPSA) is 80.8 Å². The Kier molecular flexibility index (Phi) is 5.86. The van der Waals surface area contributed by atoms with Gasteiger partial charge in [-0.15, -0.1) is 0 Å². The molecule has 0 spiro atoms. The molecule has 2 amide bonds. The Morgan fingerprint density at radius 2 is 2.18 bits per heavy atom. The summed E-state index contributed by atoms with van der Waals surface area (Å²) in [5, 5.41) is 2.48. The van der Waals surface area contributed by atoms with Gasteiger partial charge in [0.1, 0.15) is 12.2 Å². The third-order valence-corrected chi connectivity index (χ3v) is 4.48. The highest BCUT2D eigenvalue weighted by molar-refractivity contribution is 5.96. The first-order valence-electron chi connectivity index (χ1n) is 9.44. The predicted octanol–water partition coefficient (Wildman–Crippen LogP) is 3.00. The fourth-order valence-corrected chi connectivity index (χ4v) is 2.97. The molecule has 0 saturated heterocycles. The van der Waals surface area contributed by atoms with E-state index in [1.165, 1.54) is 6.20 Å². The number of alkyl carbamates (subject to hydrolysis) is 1. The number of carbonyl (C=O) groups excluding carboxylic acids is 2. The first-order chi connectivity index (χ1) is 13.3. The van der Waals surface area contributed by atoms with Gasteiger partial charge in [0, 0.05) is 37.0 Å². The van der Waals surface area contributed by atoms with E-state index in [0.29, 0.717) is 30.4 Å². The van der Waals surface area contributed by atoms with Crippen LogP contribution in [0.3, 0.4) is 0 Å². The monoisotopic (exact) mass is 391 g/mol. The molecule has 0 radical (unpaired) electrons. The maximum atomic E-state index is 13.1. The summed E-state index contributed by atoms with van der Waals surface area (Å²) in [6.07, 6.45) is 4.20. The number of amides is 2. The SMILES string of the molecule is CC(C)(C)OC(=O)NCC(=CF)COc1cc2c(cn1)C(=O)N(C1CC1)CC2. The van der Waals surface area contributed by atoms with Crippen LogP contribution in [0.2, 0.25) is 0 Å². The maximum absolute atomic E-state index is 13.1. The van der Waals surface area contributed by atoms with E-state index in [0.717, 1.165) is 24.8 Å². The summed E-state index contributed by atoms with van der Waals surface area (Å²) in [4.78, 5) is 30.2. The van der Waals surface area contributed by atoms with E-state index >= 15 is 0 Å². The third-order valence-electron chi connectivity index (χ3n) is 4.48. The lowest BCUT2D eigenvalue weighted by Crippen LogP contribution is -2.39. The molecule has 3 rings (SSSR count). The zero-order valence-corrected chi connectivity index (χ0v) is 16.5. The van der Waals surface area contributed by atoms with Crippen LogP contribution in [0.15, 0.2) is 24.2 Å². The van der Waals surface area contributed by atoms with Crippen molar-refractivity contribution in [1.29, 1.82) is 0 Å². The molecule has 1 saturated carbocycles. The number of carbonyl (C=O) groups is 2. The third kappa shape index (κ3) is 5.21. The van der Waals surface area contributed by atoms with Gasteiger partial charge in [-0.2, -0.15) is 0 Å². The molecule has 0 bridgehead atoms. The van der Waals surface area contributed by atoms with Crippen molar-refractivity contribution in [3.63, 3.8) is 0 Å². The molecular formula is C20H26FN3O4. The largest absolute Gasteiger partial charge is 0.473 e. The molecule has 0 atom stereocenters. The Hall–Kier alpha value is -2.64. The van der Waals surface area contributed by atoms with Gasteiger partial charge in [-0.1, -0.05) is 0 Å². The summed E-state index contributed by atoms with van der Waals surface area (Å²) in [6.45, 7) is 5.84. The molecule has 1 aliphatic heterocycles. The molecule has 2 heterocycles. The van der Waals surface area contributed by atoms with Gasteiger partial charge < -0.3 is 19.7 Å². The summed E-state index contributed by atoms with van der Waals surface area (Å²) in [5.41, 5.74) is 1.11. The molecule has 7 nitrogen and oxygen atoms in total. The zero-order chi connectivity index (χ0) is 20.3. The van der Waals surface area contributed by atoms with Crippen molar-refractivity contribution in [1.82, 2.24) is 15.2 Å². The minimum absolute atomic E-state index is 0.0219. The summed E-state index contributed by atoms with van der Waals surface area (Å²) in [6, 6.07) is 2.11. The van der Waals surface area contributed by atoms with Crippen molar-refractivity contribution in [2.24, 2.45) is 0 Å². The number of hydrogen-bond donors (Lipinski definition) is 1. The van der Waals surface area contributed by atoms with Gasteiger partial charge in [0.2, 0.25) is 5.88 Å². The molecule has 0 aromatic carbocycles. The highest BCUT2D eigenvalue weighted by Gasteiger charge is 2.36. The Labute approximate surface area is 163 Å². The van der Waals surface area contributed by atoms with Crippen LogP contribution >= 0.6 is 0 Å². The minimum atomic E-state index is -0.627. The average molecular weight is 391 g/mol. The number of rotatable bonds is 6. The van der Waals surface area contributed by atoms with Gasteiger partial charge in [-0.25, -0.2) is 14.2 Å². The molecule has 152 valence electrons. The van der Waals surface area contributed by atoms with Crippen LogP contribution < -0.4 is 10.1 Å². The predicted molar refractivity (Wildman–Crippen MR) is 101 cm³/mol. The number of pyridine rings is 1. The van der Waals surface area contributed by atoms with E-state index in [9.17, 15) is 14.0 Å². The minimum Gasteiger partial charge on any atom is -0.473 e. The fraction of sp³-hybridized carbons (Fsp3) is 0.550. The molecule has 28 heavy (non-hydrogen) atoms. The number of fused-ring (bicyclic) bond motifs is 1. The second kappa shape index (κ2) is 8.16. The zero-order valence-electron chi connectivity index (χ0n) is 16.5. The van der Waals surface area contributed by atoms with E-state index in [-0.39, 0.29) is 24.6 Å². The molecule has 1 aromatic heterocycles. The second-order valence-electron chi connectivity index (χ2n) is 8.07. The van der Waals surface area contributed by atoms with Crippen LogP contribution in [0.1, 0.15) is 49.5 Å². The molecule has 1 aromatic rings. The van der Waals surface area contributed by atoms with Crippen molar-refractivity contribution in [3.05, 3.63) is 35.3 Å². The van der Waals surface area contributed by atoms with Gasteiger partial charge >= 0.3 is 6.09 Å². The summed E-state index contributed by atoms with van der Waals surface area (Å²) >= 11 is 0. The van der Waals surface area contributed by atoms with E-state index < -0.39 is 11.7 Å². The van der Waals surface area contributed by atoms with E-state index in [1.807, 2.05) is 4.90 Å². The van der Waals surface area contributed by atoms with Gasteiger partial charge in [0.15, 0.2) is 0 Å². The van der Waals surface area contributed by atoms with Crippen molar-refractivity contribution in [3.8, 4) is 5.88 Å². The Balaban J connectivity index is 1.53. The molecule has 1 N–H and O–H groups in total. The van der Waals surface area contributed by atoms with Crippen LogP contribution in [0, 0.1) is 0 Å². The lowest BCUT2D eigenvalue weighted by atomic mass is 10.0. The fourth-order valence-electron chi connectivity index (χ4n) is 2.97. The average Bonchev–Trinajstić information content (AvgIpc) is 3.45. The van der Waals surface area contributed by atoms with Gasteiger partial charge in [0.05, 0.1) is 11.9 Å². The Bertz CT molecular complexity index is 784. The Morgan fingerprint density at radius 1 is 1.43 bits per heavy atom. The molecule has 2 aliphatic rings. The van der Waals surface area contributed by atoms with Gasteiger partial charge in [-0.3, -0.25) is 4.79 Å². The van der Waals surface area contributed by atoms with Crippen LogP contribution in [0.4, 0.5) is 9.18 Å². The smallest absolute Gasteiger partial charge is 0.407 e. The van der Waals surface area contributed by atoms with Crippen molar-refractivity contribution in [2.45, 2.75) is 51.7 Å². The Morgan fingerprint density at radius 3 is 2.82 bits per heavy atom. The lowest BCUT2D eigenvalue weighted by Gasteiger charge is -2.28. The number of hydrogen-bond acceptors (Lipinski definition) is 5. The van der Waals surface area contributed by atoms with Gasteiger partial charge in [0.25, 0.3) is 5.91 Å². The quantitative estimate of drug-likeness (QED) is 0.806. The van der Waals surface area contributed by atoms with Crippen LogP contribution in [-0.2, 0) is 11.2 Å². The van der Waals surface area contributed by atoms with Crippen LogP contribution in [0.25, 0.3) is 0 Å². The number of nitrogens with one attached hydrogen (secondary N) is 1. The summed E-state index contributed by atoms with van der Waals surface area (Å²) in [7, 11) is 0. The maximum Gasteiger partial charge on any atom is 0.407 e. The number of ether oxygens (including phenoxy) is 2. The van der Waals surface area contributed by atoms with Crippen LogP contribution in [-0.4, -0.2) is 53.2 Å². The van der Waals surface area contributed by atoms with E-state index in [2.05, 4.69) is 10.3 Å². The second-order valence-corrected chi connectivity index (χ2v) is 8.07. The number of aromatic nitrogens is 1. The summed E-state index contributed by atoms with van der Waals surface area (Å²) < 4.78 is 23.7. The normalized spacial score (nSPS) is 17.2. The highest BCUT2D eigenvalue weighted by Crippen LogP contribution is 2.32. The molecule has 1 fully saturated rings. The summed E-state index contributed by atoms with van der Waals surface area (Å²) in [5.74, 6) is 0.344. The molecule has 0 unspecified atom stereocenters. The highest BCUT2D eigenvalue weighted by atomic mass is 19.1. The van der Waals surface area contributed by atoms with E-state index in [4.69, 9.17) is 9.47 Å². The van der Waals surface area contributed by atoms with Crippen molar-refractivity contribution >= 4 is 12.0 Å². The number of halogens is 1. The first-order valence-corrected chi connectivity index (χ1v) is 9.44. The molecule has 8 heteroatoms. The lowest BCUT2D eigenvalue weighted by molar-refractivity contribution is 0.0531. The van der Waals surface area contributed by atoms with Crippen molar-refractivity contribution < 1.29 is 23.5 Å². The van der Waals surface area contributed by atoms with E-state index in [1.54, 1.807) is 26.8 Å². The molecule has 1 aliphatic carbocycles. The molecular weight excluding hydrogens is 365 g/mol. The number of nitrogens with zero attached hydrogens (tertiary/aromatic N) is 2. The van der Waals surface area contributed by atoms with Crippen LogP contribution in [0.5, 0.6) is 5.88 Å². The standard InChI is InChI=1S/C20H26FN3O4/c1-20(2,3)28-19(26)23-10-13(9-21)12-27-17-8-14-6-7-24(15-4-5-15)18(25)16(14)11-22-17/h8-9,11,15H,4-7,10,12H2,1-3H3,(H,23,26). The first kappa shape index (κ1) is 20.1.